The van der Waals surface area contributed by atoms with Gasteiger partial charge >= 0.3 is 71.6 Å². The van der Waals surface area contributed by atoms with Crippen molar-refractivity contribution < 1.29 is 114 Å². The summed E-state index contributed by atoms with van der Waals surface area (Å²) in [6.07, 6.45) is 5.43. The predicted molar refractivity (Wildman–Crippen MR) is 474 cm³/mol. The lowest BCUT2D eigenvalue weighted by molar-refractivity contribution is -0.176. The lowest BCUT2D eigenvalue weighted by atomic mass is 9.66. The molecule has 6 aromatic rings. The standard InChI is InChI=1S/C54H63O12S.C50H55O12S/c1-28-22-34(23-29(2)37(28)61-43(58)52-19-16-49(13,40(55)64-52)46(52,7)8)67(35-24-30(3)38(31(4)25-35)62-44(59)53-20-17-50(14,41(56)65-53)47(53,9)10)36-26-32(5)39(33(6)27-36)63-45(60)54-21-18-51(15,42(57)66-54)48(54,11)12;1-28-26-34(27-29(2)35(28)59-41(56)50-25-22-47(11,38(53)62-50)44(50,7)8)63(32-16-12-30(13-17-32)57-39(54)48-23-20-45(9,36(51)60-48)42(48,3)4)33-18-14-31(15-19-33)58-40(55)49-24-21-46(10,37(52)61-49)43(49,5)6/h22-27H,16-21H2,1-15H3;12-19,26-27H,20-25H2,1-11H3/q2*+1. The first kappa shape index (κ1) is 91.5. The molecule has 12 atom stereocenters. The van der Waals surface area contributed by atoms with Gasteiger partial charge in [-0.15, -0.1) is 0 Å². The number of hydrogen-bond donors (Lipinski definition) is 0. The van der Waals surface area contributed by atoms with Crippen LogP contribution in [-0.4, -0.2) is 105 Å². The van der Waals surface area contributed by atoms with E-state index in [0.717, 1.165) is 29.4 Å². The van der Waals surface area contributed by atoms with Crippen LogP contribution in [0.1, 0.15) is 246 Å². The molecule has 26 heteroatoms. The highest BCUT2D eigenvalue weighted by molar-refractivity contribution is 7.97. The molecule has 0 radical (unpaired) electrons. The van der Waals surface area contributed by atoms with Gasteiger partial charge < -0.3 is 56.8 Å². The third-order valence-corrected chi connectivity index (χ3v) is 40.8. The molecule has 12 bridgehead atoms. The van der Waals surface area contributed by atoms with Crippen molar-refractivity contribution in [1.29, 1.82) is 0 Å². The fourth-order valence-electron chi connectivity index (χ4n) is 24.2. The molecule has 12 unspecified atom stereocenters. The summed E-state index contributed by atoms with van der Waals surface area (Å²) in [5, 5.41) is 0. The van der Waals surface area contributed by atoms with Crippen molar-refractivity contribution in [2.24, 2.45) is 65.0 Å². The molecule has 0 N–H and O–H groups in total. The van der Waals surface area contributed by atoms with Gasteiger partial charge in [0, 0.05) is 81.0 Å². The number of ether oxygens (including phenoxy) is 12. The fourth-order valence-corrected chi connectivity index (χ4v) is 29.0. The smallest absolute Gasteiger partial charge is 0.356 e. The predicted octanol–water partition coefficient (Wildman–Crippen LogP) is 18.2. The van der Waals surface area contributed by atoms with Gasteiger partial charge in [0.05, 0.1) is 54.3 Å². The third-order valence-electron chi connectivity index (χ3n) is 36.5. The van der Waals surface area contributed by atoms with Crippen LogP contribution in [0.4, 0.5) is 0 Å². The first-order valence-electron chi connectivity index (χ1n) is 45.1. The molecule has 6 aliphatic heterocycles. The number of benzene rings is 6. The summed E-state index contributed by atoms with van der Waals surface area (Å²) in [5.74, 6) is -3.75. The summed E-state index contributed by atoms with van der Waals surface area (Å²) in [4.78, 5) is 167. The van der Waals surface area contributed by atoms with Crippen LogP contribution < -0.4 is 28.4 Å². The minimum absolute atomic E-state index is 0.293. The first-order chi connectivity index (χ1) is 60.2. The number of fused-ring (bicyclic) bond motifs is 12. The largest absolute Gasteiger partial charge is 0.446 e. The highest BCUT2D eigenvalue weighted by atomic mass is 32.2. The lowest BCUT2D eigenvalue weighted by Gasteiger charge is -2.34. The maximum atomic E-state index is 14.2. The molecule has 6 heterocycles. The molecule has 688 valence electrons. The molecule has 130 heavy (non-hydrogen) atoms. The average molecular weight is 1820 g/mol. The summed E-state index contributed by atoms with van der Waals surface area (Å²) >= 11 is 0. The van der Waals surface area contributed by atoms with Gasteiger partial charge in [-0.2, -0.15) is 0 Å². The molecule has 12 aliphatic rings. The summed E-state index contributed by atoms with van der Waals surface area (Å²) in [7, 11) is -1.66. The highest BCUT2D eigenvalue weighted by Gasteiger charge is 2.82. The minimum Gasteiger partial charge on any atom is -0.446 e. The van der Waals surface area contributed by atoms with Gasteiger partial charge in [-0.25, -0.2) is 28.8 Å². The molecular formula is C104H118O24S2+2. The van der Waals surface area contributed by atoms with E-state index >= 15 is 0 Å². The minimum atomic E-state index is -1.40. The molecule has 18 rings (SSSR count). The SMILES string of the molecule is Cc1cc([S+](c2cc(C)c(OC(=O)C34CCC(C)(C(=O)O3)C4(C)C)c(C)c2)c2cc(C)c(OC(=O)C34CCC(C)(C(=O)O3)C4(C)C)c(C)c2)cc(C)c1OC(=O)C12CCC(C)(C(=O)O1)C2(C)C.Cc1cc([S+](c2ccc(OC(=O)C34CCC(C)(C(=O)O3)C4(C)C)cc2)c2ccc(OC(=O)C34CCC(C)(C(=O)O3)C4(C)C)cc2)cc(C)c1OC(=O)C12CCC(C)(C(=O)O1)C2(C)C. The van der Waals surface area contributed by atoms with E-state index < -0.39 is 156 Å². The van der Waals surface area contributed by atoms with E-state index in [1.165, 1.54) is 0 Å². The Hall–Kier alpha value is -10.3. The monoisotopic (exact) mass is 1810 g/mol. The second-order valence-electron chi connectivity index (χ2n) is 43.5. The zero-order valence-electron chi connectivity index (χ0n) is 79.3. The number of esters is 12. The highest BCUT2D eigenvalue weighted by Crippen LogP contribution is 2.72. The Morgan fingerprint density at radius 2 is 0.369 bits per heavy atom. The maximum absolute atomic E-state index is 14.2. The Labute approximate surface area is 764 Å². The third kappa shape index (κ3) is 11.5. The van der Waals surface area contributed by atoms with E-state index in [0.29, 0.717) is 156 Å². The van der Waals surface area contributed by atoms with Crippen LogP contribution >= 0.6 is 0 Å². The topological polar surface area (TPSA) is 316 Å². The van der Waals surface area contributed by atoms with E-state index in [9.17, 15) is 57.5 Å². The van der Waals surface area contributed by atoms with Crippen LogP contribution in [0, 0.1) is 120 Å². The van der Waals surface area contributed by atoms with Gasteiger partial charge in [0.25, 0.3) is 0 Å². The Bertz CT molecular complexity index is 5590. The van der Waals surface area contributed by atoms with Crippen LogP contribution in [0.25, 0.3) is 0 Å². The molecular weight excluding hydrogens is 1700 g/mol. The fraction of sp³-hybridized carbons (Fsp3) is 0.538. The van der Waals surface area contributed by atoms with Crippen LogP contribution in [0.15, 0.2) is 126 Å². The first-order valence-corrected chi connectivity index (χ1v) is 47.5. The number of aryl methyl sites for hydroxylation is 8. The second-order valence-corrected chi connectivity index (χ2v) is 47.5. The summed E-state index contributed by atoms with van der Waals surface area (Å²) in [6.45, 7) is 48.8. The van der Waals surface area contributed by atoms with Gasteiger partial charge in [0.15, 0.2) is 29.4 Å². The van der Waals surface area contributed by atoms with Crippen molar-refractivity contribution in [1.82, 2.24) is 0 Å². The van der Waals surface area contributed by atoms with Crippen molar-refractivity contribution in [3.8, 4) is 34.5 Å². The Kier molecular flexibility index (Phi) is 20.1. The molecule has 0 aromatic heterocycles. The van der Waals surface area contributed by atoms with Crippen LogP contribution in [0.3, 0.4) is 0 Å². The molecule has 6 aliphatic carbocycles. The van der Waals surface area contributed by atoms with Crippen LogP contribution in [0.5, 0.6) is 34.5 Å². The van der Waals surface area contributed by atoms with Crippen LogP contribution in [-0.2, 0) is 108 Å². The van der Waals surface area contributed by atoms with E-state index in [1.807, 2.05) is 253 Å². The van der Waals surface area contributed by atoms with Gasteiger partial charge in [0.2, 0.25) is 33.6 Å². The molecule has 24 nitrogen and oxygen atoms in total. The molecule has 12 fully saturated rings. The molecule has 6 saturated carbocycles. The Balaban J connectivity index is 0.000000183. The summed E-state index contributed by atoms with van der Waals surface area (Å²) in [5.41, 5.74) is -12.1. The maximum Gasteiger partial charge on any atom is 0.356 e. The van der Waals surface area contributed by atoms with E-state index in [1.54, 1.807) is 24.3 Å². The van der Waals surface area contributed by atoms with E-state index in [2.05, 4.69) is 0 Å². The molecule has 0 spiro atoms. The van der Waals surface area contributed by atoms with E-state index in [-0.39, 0.29) is 35.8 Å². The average Bonchev–Trinajstić information content (AvgIpc) is 1.53. The number of carbonyl (C=O) groups excluding carboxylic acids is 12. The molecule has 0 amide bonds. The van der Waals surface area contributed by atoms with Crippen molar-refractivity contribution >= 4 is 93.4 Å². The van der Waals surface area contributed by atoms with Gasteiger partial charge in [0.1, 0.15) is 34.5 Å². The normalized spacial score (nSPS) is 33.3. The van der Waals surface area contributed by atoms with Crippen molar-refractivity contribution in [3.05, 3.63) is 142 Å². The zero-order chi connectivity index (χ0) is 94.9. The lowest BCUT2D eigenvalue weighted by Crippen LogP contribution is -2.50. The molecule has 6 aromatic carbocycles. The Morgan fingerprint density at radius 1 is 0.223 bits per heavy atom. The number of rotatable bonds is 18. The Morgan fingerprint density at radius 3 is 0.508 bits per heavy atom. The van der Waals surface area contributed by atoms with Gasteiger partial charge in [-0.1, -0.05) is 83.1 Å². The quantitative estimate of drug-likeness (QED) is 0.0334. The van der Waals surface area contributed by atoms with Crippen molar-refractivity contribution in [3.63, 3.8) is 0 Å². The van der Waals surface area contributed by atoms with Crippen molar-refractivity contribution in [2.75, 3.05) is 0 Å². The number of carbonyl (C=O) groups is 12. The second kappa shape index (κ2) is 28.6. The zero-order valence-corrected chi connectivity index (χ0v) is 81.0. The summed E-state index contributed by atoms with van der Waals surface area (Å²) < 4.78 is 71.8. The molecule has 6 saturated heterocycles. The van der Waals surface area contributed by atoms with E-state index in [4.69, 9.17) is 56.8 Å². The van der Waals surface area contributed by atoms with Gasteiger partial charge in [-0.05, 0) is 267 Å². The summed E-state index contributed by atoms with van der Waals surface area (Å²) in [6, 6.07) is 30.3. The van der Waals surface area contributed by atoms with Gasteiger partial charge in [-0.3, -0.25) is 28.8 Å². The number of hydrogen-bond acceptors (Lipinski definition) is 24. The van der Waals surface area contributed by atoms with Crippen LogP contribution in [0.2, 0.25) is 0 Å². The van der Waals surface area contributed by atoms with Crippen molar-refractivity contribution in [2.45, 2.75) is 320 Å².